The van der Waals surface area contributed by atoms with Crippen molar-refractivity contribution in [3.8, 4) is 0 Å². The Morgan fingerprint density at radius 3 is 2.88 bits per heavy atom. The van der Waals surface area contributed by atoms with E-state index >= 15 is 0 Å². The van der Waals surface area contributed by atoms with Crippen molar-refractivity contribution in [3.63, 3.8) is 0 Å². The fourth-order valence-corrected chi connectivity index (χ4v) is 3.67. The van der Waals surface area contributed by atoms with E-state index < -0.39 is 0 Å². The first-order valence-corrected chi connectivity index (χ1v) is 8.99. The van der Waals surface area contributed by atoms with Gasteiger partial charge in [0.15, 0.2) is 0 Å². The Labute approximate surface area is 147 Å². The van der Waals surface area contributed by atoms with Crippen molar-refractivity contribution in [1.82, 2.24) is 20.1 Å². The standard InChI is InChI=1S/C20H24N4O/c1-2-16-10-18(23-22-16)12-24-11-15(20(25)13-24)9-17-8-7-14-5-3-4-6-19(14)21-17/h3-8,10,15,20,25H,2,9,11-13H2,1H3,(H,22,23)/t15-,20-/m1/s1. The van der Waals surface area contributed by atoms with Crippen molar-refractivity contribution in [3.05, 3.63) is 59.5 Å². The number of pyridine rings is 1. The highest BCUT2D eigenvalue weighted by atomic mass is 16.3. The van der Waals surface area contributed by atoms with Crippen LogP contribution in [-0.4, -0.2) is 44.4 Å². The molecule has 2 atom stereocenters. The molecule has 130 valence electrons. The highest BCUT2D eigenvalue weighted by Crippen LogP contribution is 2.23. The molecule has 3 heterocycles. The van der Waals surface area contributed by atoms with Crippen LogP contribution in [0.25, 0.3) is 10.9 Å². The average molecular weight is 336 g/mol. The van der Waals surface area contributed by atoms with E-state index in [2.05, 4.69) is 46.3 Å². The van der Waals surface area contributed by atoms with Gasteiger partial charge in [0.05, 0.1) is 17.3 Å². The molecule has 5 heteroatoms. The molecule has 1 saturated heterocycles. The van der Waals surface area contributed by atoms with Crippen LogP contribution in [0.3, 0.4) is 0 Å². The van der Waals surface area contributed by atoms with Gasteiger partial charge in [0, 0.05) is 42.3 Å². The molecular weight excluding hydrogens is 312 g/mol. The van der Waals surface area contributed by atoms with Crippen LogP contribution in [-0.2, 0) is 19.4 Å². The quantitative estimate of drug-likeness (QED) is 0.751. The minimum absolute atomic E-state index is 0.224. The van der Waals surface area contributed by atoms with Gasteiger partial charge in [0.2, 0.25) is 0 Å². The zero-order chi connectivity index (χ0) is 17.2. The summed E-state index contributed by atoms with van der Waals surface area (Å²) < 4.78 is 0. The lowest BCUT2D eigenvalue weighted by Gasteiger charge is -2.14. The molecular formula is C20H24N4O. The molecule has 2 N–H and O–H groups in total. The highest BCUT2D eigenvalue weighted by molar-refractivity contribution is 5.78. The highest BCUT2D eigenvalue weighted by Gasteiger charge is 2.31. The molecule has 2 aromatic heterocycles. The minimum Gasteiger partial charge on any atom is -0.391 e. The van der Waals surface area contributed by atoms with Gasteiger partial charge < -0.3 is 5.11 Å². The Morgan fingerprint density at radius 1 is 1.16 bits per heavy atom. The molecule has 1 aliphatic rings. The number of aryl methyl sites for hydroxylation is 1. The van der Waals surface area contributed by atoms with Crippen LogP contribution in [0.4, 0.5) is 0 Å². The van der Waals surface area contributed by atoms with Crippen LogP contribution in [0.2, 0.25) is 0 Å². The van der Waals surface area contributed by atoms with Gasteiger partial charge in [0.25, 0.3) is 0 Å². The number of hydrogen-bond acceptors (Lipinski definition) is 4. The van der Waals surface area contributed by atoms with Gasteiger partial charge in [0.1, 0.15) is 0 Å². The van der Waals surface area contributed by atoms with Crippen LogP contribution in [0.1, 0.15) is 24.0 Å². The molecule has 0 amide bonds. The van der Waals surface area contributed by atoms with Crippen molar-refractivity contribution >= 4 is 10.9 Å². The van der Waals surface area contributed by atoms with Gasteiger partial charge in [-0.3, -0.25) is 15.0 Å². The molecule has 0 aliphatic carbocycles. The van der Waals surface area contributed by atoms with Crippen LogP contribution in [0, 0.1) is 5.92 Å². The lowest BCUT2D eigenvalue weighted by Crippen LogP contribution is -2.21. The van der Waals surface area contributed by atoms with E-state index in [1.54, 1.807) is 0 Å². The first-order valence-electron chi connectivity index (χ1n) is 8.99. The van der Waals surface area contributed by atoms with Gasteiger partial charge in [-0.2, -0.15) is 5.10 Å². The Hall–Kier alpha value is -2.24. The minimum atomic E-state index is -0.304. The fourth-order valence-electron chi connectivity index (χ4n) is 3.67. The lowest BCUT2D eigenvalue weighted by molar-refractivity contribution is 0.140. The zero-order valence-electron chi connectivity index (χ0n) is 14.5. The summed E-state index contributed by atoms with van der Waals surface area (Å²) >= 11 is 0. The third kappa shape index (κ3) is 3.57. The number of H-pyrrole nitrogens is 1. The number of nitrogens with one attached hydrogen (secondary N) is 1. The number of aliphatic hydroxyl groups excluding tert-OH is 1. The largest absolute Gasteiger partial charge is 0.391 e. The number of benzene rings is 1. The number of β-amino-alcohol motifs (C(OH)–C–C–N with tert-alkyl or cyclic N) is 1. The molecule has 4 rings (SSSR count). The van der Waals surface area contributed by atoms with Crippen molar-refractivity contribution in [2.24, 2.45) is 5.92 Å². The lowest BCUT2D eigenvalue weighted by atomic mass is 9.99. The Balaban J connectivity index is 1.42. The third-order valence-electron chi connectivity index (χ3n) is 5.05. The first kappa shape index (κ1) is 16.2. The second-order valence-corrected chi connectivity index (χ2v) is 6.96. The van der Waals surface area contributed by atoms with Gasteiger partial charge in [-0.05, 0) is 31.0 Å². The van der Waals surface area contributed by atoms with E-state index in [1.807, 2.05) is 18.2 Å². The molecule has 5 nitrogen and oxygen atoms in total. The molecule has 0 bridgehead atoms. The molecule has 1 aliphatic heterocycles. The second kappa shape index (κ2) is 6.94. The number of nitrogens with zero attached hydrogens (tertiary/aromatic N) is 3. The summed E-state index contributed by atoms with van der Waals surface area (Å²) in [7, 11) is 0. The summed E-state index contributed by atoms with van der Waals surface area (Å²) in [6.45, 7) is 4.51. The zero-order valence-corrected chi connectivity index (χ0v) is 14.5. The van der Waals surface area contributed by atoms with Gasteiger partial charge in [-0.1, -0.05) is 31.2 Å². The predicted octanol–water partition coefficient (Wildman–Crippen LogP) is 2.56. The number of aromatic amines is 1. The Kier molecular flexibility index (Phi) is 4.51. The molecule has 3 aromatic rings. The molecule has 25 heavy (non-hydrogen) atoms. The fraction of sp³-hybridized carbons (Fsp3) is 0.400. The maximum Gasteiger partial charge on any atom is 0.0711 e. The number of aromatic nitrogens is 3. The normalized spacial score (nSPS) is 21.2. The topological polar surface area (TPSA) is 65.0 Å². The average Bonchev–Trinajstić information content (AvgIpc) is 3.21. The van der Waals surface area contributed by atoms with Crippen molar-refractivity contribution in [2.45, 2.75) is 32.4 Å². The SMILES string of the molecule is CCc1cc(CN2C[C@@H](Cc3ccc4ccccc4n3)[C@H](O)C2)[nH]n1. The van der Waals surface area contributed by atoms with E-state index in [1.165, 1.54) is 0 Å². The summed E-state index contributed by atoms with van der Waals surface area (Å²) in [5.74, 6) is 0.224. The van der Waals surface area contributed by atoms with Crippen molar-refractivity contribution in [2.75, 3.05) is 13.1 Å². The summed E-state index contributed by atoms with van der Waals surface area (Å²) in [6, 6.07) is 14.5. The number of likely N-dealkylation sites (tertiary alicyclic amines) is 1. The second-order valence-electron chi connectivity index (χ2n) is 6.96. The van der Waals surface area contributed by atoms with E-state index in [4.69, 9.17) is 4.98 Å². The van der Waals surface area contributed by atoms with Gasteiger partial charge in [-0.25, -0.2) is 0 Å². The molecule has 1 fully saturated rings. The number of rotatable bonds is 5. The predicted molar refractivity (Wildman–Crippen MR) is 98.2 cm³/mol. The molecule has 0 unspecified atom stereocenters. The first-order chi connectivity index (χ1) is 12.2. The van der Waals surface area contributed by atoms with E-state index in [0.29, 0.717) is 6.54 Å². The number of aliphatic hydroxyl groups is 1. The molecule has 0 spiro atoms. The Bertz CT molecular complexity index is 860. The van der Waals surface area contributed by atoms with Crippen LogP contribution in [0.5, 0.6) is 0 Å². The van der Waals surface area contributed by atoms with Crippen LogP contribution >= 0.6 is 0 Å². The monoisotopic (exact) mass is 336 g/mol. The van der Waals surface area contributed by atoms with E-state index in [0.717, 1.165) is 53.9 Å². The molecule has 0 saturated carbocycles. The van der Waals surface area contributed by atoms with E-state index in [-0.39, 0.29) is 12.0 Å². The summed E-state index contributed by atoms with van der Waals surface area (Å²) in [4.78, 5) is 7.05. The third-order valence-corrected chi connectivity index (χ3v) is 5.05. The number of fused-ring (bicyclic) bond motifs is 1. The van der Waals surface area contributed by atoms with Gasteiger partial charge >= 0.3 is 0 Å². The number of para-hydroxylation sites is 1. The molecule has 0 radical (unpaired) electrons. The summed E-state index contributed by atoms with van der Waals surface area (Å²) in [5, 5.41) is 19.0. The summed E-state index contributed by atoms with van der Waals surface area (Å²) in [6.07, 6.45) is 1.45. The van der Waals surface area contributed by atoms with Gasteiger partial charge in [-0.15, -0.1) is 0 Å². The van der Waals surface area contributed by atoms with Crippen molar-refractivity contribution in [1.29, 1.82) is 0 Å². The molecule has 1 aromatic carbocycles. The maximum atomic E-state index is 10.5. The summed E-state index contributed by atoms with van der Waals surface area (Å²) in [5.41, 5.74) is 4.29. The Morgan fingerprint density at radius 2 is 2.04 bits per heavy atom. The van der Waals surface area contributed by atoms with Crippen LogP contribution in [0.15, 0.2) is 42.5 Å². The van der Waals surface area contributed by atoms with Crippen LogP contribution < -0.4 is 0 Å². The van der Waals surface area contributed by atoms with Crippen molar-refractivity contribution < 1.29 is 5.11 Å². The smallest absolute Gasteiger partial charge is 0.0711 e. The van der Waals surface area contributed by atoms with E-state index in [9.17, 15) is 5.11 Å². The number of hydrogen-bond donors (Lipinski definition) is 2. The maximum absolute atomic E-state index is 10.5.